The first-order chi connectivity index (χ1) is 17.7. The van der Waals surface area contributed by atoms with E-state index in [1.807, 2.05) is 0 Å². The van der Waals surface area contributed by atoms with Crippen LogP contribution in [-0.4, -0.2) is 36.3 Å². The van der Waals surface area contributed by atoms with E-state index in [4.69, 9.17) is 25.8 Å². The largest absolute Gasteiger partial charge is 0.493 e. The van der Waals surface area contributed by atoms with Crippen LogP contribution in [0.5, 0.6) is 11.5 Å². The Balaban J connectivity index is 1.98. The van der Waals surface area contributed by atoms with Gasteiger partial charge in [-0.3, -0.25) is 19.5 Å². The van der Waals surface area contributed by atoms with Gasteiger partial charge in [0.1, 0.15) is 0 Å². The van der Waals surface area contributed by atoms with E-state index in [-0.39, 0.29) is 27.4 Å². The summed E-state index contributed by atoms with van der Waals surface area (Å²) in [6.07, 6.45) is 1.48. The highest BCUT2D eigenvalue weighted by Crippen LogP contribution is 2.36. The number of carbonyl (C=O) groups excluding carboxylic acids is 1. The number of hydrogen-bond acceptors (Lipinski definition) is 9. The molecule has 0 N–H and O–H groups in total. The molecule has 1 aliphatic heterocycles. The van der Waals surface area contributed by atoms with Crippen LogP contribution in [0.25, 0.3) is 6.08 Å². The third-order valence-corrected chi connectivity index (χ3v) is 7.04. The van der Waals surface area contributed by atoms with Crippen LogP contribution in [0.4, 0.5) is 5.69 Å². The minimum absolute atomic E-state index is 0.143. The molecular weight excluding hydrogens is 522 g/mol. The maximum Gasteiger partial charge on any atom is 0.338 e. The van der Waals surface area contributed by atoms with Gasteiger partial charge < -0.3 is 14.2 Å². The van der Waals surface area contributed by atoms with Crippen molar-refractivity contribution in [2.24, 2.45) is 4.99 Å². The van der Waals surface area contributed by atoms with Gasteiger partial charge in [-0.05, 0) is 43.7 Å². The summed E-state index contributed by atoms with van der Waals surface area (Å²) >= 11 is 7.35. The summed E-state index contributed by atoms with van der Waals surface area (Å²) in [4.78, 5) is 42.3. The number of aromatic nitrogens is 1. The normalized spacial score (nSPS) is 15.2. The average Bonchev–Trinajstić information content (AvgIpc) is 3.18. The number of rotatable bonds is 7. The van der Waals surface area contributed by atoms with E-state index in [1.54, 1.807) is 32.0 Å². The van der Waals surface area contributed by atoms with Crippen LogP contribution in [0.3, 0.4) is 0 Å². The first-order valence-corrected chi connectivity index (χ1v) is 12.2. The van der Waals surface area contributed by atoms with Crippen LogP contribution in [0.15, 0.2) is 57.5 Å². The summed E-state index contributed by atoms with van der Waals surface area (Å²) in [7, 11) is 3.00. The van der Waals surface area contributed by atoms with Crippen molar-refractivity contribution in [3.63, 3.8) is 0 Å². The van der Waals surface area contributed by atoms with Crippen molar-refractivity contribution >= 4 is 40.7 Å². The first kappa shape index (κ1) is 26.1. The van der Waals surface area contributed by atoms with Gasteiger partial charge in [0.15, 0.2) is 16.3 Å². The summed E-state index contributed by atoms with van der Waals surface area (Å²) in [5, 5.41) is 11.5. The van der Waals surface area contributed by atoms with Crippen LogP contribution >= 0.6 is 22.9 Å². The molecule has 0 radical (unpaired) electrons. The number of methoxy groups -OCH3 is 2. The van der Waals surface area contributed by atoms with Gasteiger partial charge in [0.05, 0.1) is 47.6 Å². The Morgan fingerprint density at radius 3 is 2.59 bits per heavy atom. The SMILES string of the molecule is CCOC(=O)C1=C(C)N=c2s/c(=C\c3cc([N+](=O)[O-])ccc3Cl)c(=O)n2C1c1ccc(OC)c(OC)c1. The van der Waals surface area contributed by atoms with Crippen LogP contribution in [0, 0.1) is 10.1 Å². The molecule has 0 fully saturated rings. The molecule has 0 bridgehead atoms. The molecule has 0 amide bonds. The average molecular weight is 544 g/mol. The fourth-order valence-electron chi connectivity index (χ4n) is 4.03. The number of carbonyl (C=O) groups is 1. The number of nitrogens with zero attached hydrogens (tertiary/aromatic N) is 3. The van der Waals surface area contributed by atoms with Gasteiger partial charge in [-0.25, -0.2) is 9.79 Å². The summed E-state index contributed by atoms with van der Waals surface area (Å²) < 4.78 is 17.7. The molecule has 192 valence electrons. The molecule has 3 aromatic rings. The van der Waals surface area contributed by atoms with Gasteiger partial charge in [-0.2, -0.15) is 0 Å². The molecule has 37 heavy (non-hydrogen) atoms. The molecular formula is C25H22ClN3O7S. The number of hydrogen-bond donors (Lipinski definition) is 0. The molecule has 0 saturated carbocycles. The smallest absolute Gasteiger partial charge is 0.338 e. The van der Waals surface area contributed by atoms with Gasteiger partial charge in [0.2, 0.25) is 0 Å². The fourth-order valence-corrected chi connectivity index (χ4v) is 5.24. The Bertz CT molecular complexity index is 1620. The number of non-ortho nitro benzene ring substituents is 1. The predicted molar refractivity (Wildman–Crippen MR) is 138 cm³/mol. The number of thiazole rings is 1. The van der Waals surface area contributed by atoms with Crippen molar-refractivity contribution < 1.29 is 23.9 Å². The van der Waals surface area contributed by atoms with Crippen LogP contribution in [0.1, 0.15) is 31.0 Å². The minimum atomic E-state index is -0.863. The maximum atomic E-state index is 13.7. The monoisotopic (exact) mass is 543 g/mol. The number of esters is 1. The molecule has 2 aromatic carbocycles. The van der Waals surface area contributed by atoms with Crippen molar-refractivity contribution in [1.82, 2.24) is 4.57 Å². The predicted octanol–water partition coefficient (Wildman–Crippen LogP) is 3.38. The molecule has 1 aliphatic rings. The molecule has 0 spiro atoms. The molecule has 0 saturated heterocycles. The van der Waals surface area contributed by atoms with Gasteiger partial charge in [0, 0.05) is 22.7 Å². The summed E-state index contributed by atoms with van der Waals surface area (Å²) in [5.41, 5.74) is 0.898. The van der Waals surface area contributed by atoms with Crippen LogP contribution < -0.4 is 24.4 Å². The number of ether oxygens (including phenoxy) is 3. The molecule has 1 aromatic heterocycles. The van der Waals surface area contributed by atoms with E-state index in [2.05, 4.69) is 4.99 Å². The number of allylic oxidation sites excluding steroid dienone is 1. The lowest BCUT2D eigenvalue weighted by atomic mass is 9.95. The third kappa shape index (κ3) is 4.87. The zero-order chi connectivity index (χ0) is 26.9. The third-order valence-electron chi connectivity index (χ3n) is 5.72. The second-order valence-electron chi connectivity index (χ2n) is 7.88. The van der Waals surface area contributed by atoms with Crippen molar-refractivity contribution in [3.8, 4) is 11.5 Å². The van der Waals surface area contributed by atoms with E-state index < -0.39 is 22.5 Å². The number of nitro benzene ring substituents is 1. The lowest BCUT2D eigenvalue weighted by molar-refractivity contribution is -0.384. The lowest BCUT2D eigenvalue weighted by Crippen LogP contribution is -2.40. The molecule has 10 nitrogen and oxygen atoms in total. The molecule has 12 heteroatoms. The Labute approximate surface area is 219 Å². The lowest BCUT2D eigenvalue weighted by Gasteiger charge is -2.25. The van der Waals surface area contributed by atoms with E-state index in [9.17, 15) is 19.7 Å². The highest BCUT2D eigenvalue weighted by molar-refractivity contribution is 7.07. The Kier molecular flexibility index (Phi) is 7.46. The minimum Gasteiger partial charge on any atom is -0.493 e. The Morgan fingerprint density at radius 1 is 1.22 bits per heavy atom. The van der Waals surface area contributed by atoms with Crippen LogP contribution in [-0.2, 0) is 9.53 Å². The van der Waals surface area contributed by atoms with Crippen molar-refractivity contribution in [2.45, 2.75) is 19.9 Å². The number of halogens is 1. The first-order valence-electron chi connectivity index (χ1n) is 11.1. The zero-order valence-corrected chi connectivity index (χ0v) is 21.9. The van der Waals surface area contributed by atoms with E-state index in [1.165, 1.54) is 43.1 Å². The fraction of sp³-hybridized carbons (Fsp3) is 0.240. The molecule has 2 heterocycles. The summed E-state index contributed by atoms with van der Waals surface area (Å²) in [6, 6.07) is 8.23. The molecule has 1 unspecified atom stereocenters. The van der Waals surface area contributed by atoms with Gasteiger partial charge in [-0.1, -0.05) is 29.0 Å². The Morgan fingerprint density at radius 2 is 1.95 bits per heavy atom. The summed E-state index contributed by atoms with van der Waals surface area (Å²) in [5.74, 6) is 0.306. The second-order valence-corrected chi connectivity index (χ2v) is 9.30. The topological polar surface area (TPSA) is 122 Å². The maximum absolute atomic E-state index is 13.7. The standard InChI is InChI=1S/C25H22ClN3O7S/c1-5-36-24(31)21-13(2)27-25-28(22(21)14-6-9-18(34-3)19(11-14)35-4)23(30)20(37-25)12-15-10-16(29(32)33)7-8-17(15)26/h6-12,22H,5H2,1-4H3/b20-12-. The van der Waals surface area contributed by atoms with Gasteiger partial charge in [0.25, 0.3) is 11.2 Å². The molecule has 4 rings (SSSR count). The summed E-state index contributed by atoms with van der Waals surface area (Å²) in [6.45, 7) is 3.51. The second kappa shape index (κ2) is 10.6. The van der Waals surface area contributed by atoms with E-state index in [0.29, 0.717) is 33.1 Å². The van der Waals surface area contributed by atoms with Gasteiger partial charge in [-0.15, -0.1) is 0 Å². The van der Waals surface area contributed by atoms with Gasteiger partial charge >= 0.3 is 5.97 Å². The Hall–Kier alpha value is -3.96. The number of fused-ring (bicyclic) bond motifs is 1. The highest BCUT2D eigenvalue weighted by atomic mass is 35.5. The zero-order valence-electron chi connectivity index (χ0n) is 20.3. The molecule has 1 atom stereocenters. The van der Waals surface area contributed by atoms with E-state index in [0.717, 1.165) is 11.3 Å². The van der Waals surface area contributed by atoms with E-state index >= 15 is 0 Å². The van der Waals surface area contributed by atoms with Crippen molar-refractivity contribution in [2.75, 3.05) is 20.8 Å². The quantitative estimate of drug-likeness (QED) is 0.254. The van der Waals surface area contributed by atoms with Crippen molar-refractivity contribution in [1.29, 1.82) is 0 Å². The van der Waals surface area contributed by atoms with Crippen molar-refractivity contribution in [3.05, 3.63) is 93.6 Å². The number of benzene rings is 2. The highest BCUT2D eigenvalue weighted by Gasteiger charge is 2.34. The molecule has 0 aliphatic carbocycles. The number of nitro groups is 1. The van der Waals surface area contributed by atoms with Crippen LogP contribution in [0.2, 0.25) is 5.02 Å².